The fourth-order valence-corrected chi connectivity index (χ4v) is 5.73. The quantitative estimate of drug-likeness (QED) is 0.733. The summed E-state index contributed by atoms with van der Waals surface area (Å²) in [6, 6.07) is 7.69. The van der Waals surface area contributed by atoms with E-state index in [1.807, 2.05) is 6.92 Å². The third kappa shape index (κ3) is 3.76. The Morgan fingerprint density at radius 2 is 1.93 bits per heavy atom. The van der Waals surface area contributed by atoms with Crippen molar-refractivity contribution in [1.82, 2.24) is 4.98 Å². The Kier molecular flexibility index (Phi) is 5.58. The number of nitrogens with two attached hydrogens (primary N) is 1. The molecule has 1 aromatic heterocycles. The van der Waals surface area contributed by atoms with E-state index >= 15 is 0 Å². The van der Waals surface area contributed by atoms with Crippen LogP contribution in [0, 0.1) is 12.7 Å². The number of Topliss-reactive ketones (excluding diaryl/α,β-unsaturated/α-hetero) is 1. The van der Waals surface area contributed by atoms with Crippen LogP contribution < -0.4 is 5.73 Å². The first kappa shape index (κ1) is 22.1. The maximum atomic E-state index is 14.8. The second-order valence-electron chi connectivity index (χ2n) is 8.25. The van der Waals surface area contributed by atoms with Gasteiger partial charge >= 0.3 is 0 Å². The van der Waals surface area contributed by atoms with Crippen molar-refractivity contribution in [2.24, 2.45) is 10.7 Å². The molecule has 0 amide bonds. The minimum absolute atomic E-state index is 0.0119. The van der Waals surface area contributed by atoms with Gasteiger partial charge in [0, 0.05) is 18.2 Å². The van der Waals surface area contributed by atoms with Crippen molar-refractivity contribution in [3.05, 3.63) is 64.7 Å². The Bertz CT molecular complexity index is 1130. The van der Waals surface area contributed by atoms with Crippen LogP contribution in [-0.4, -0.2) is 35.5 Å². The number of hydrogen-bond acceptors (Lipinski definition) is 6. The fourth-order valence-electron chi connectivity index (χ4n) is 3.65. The van der Waals surface area contributed by atoms with Gasteiger partial charge in [-0.1, -0.05) is 19.1 Å². The molecule has 3 rings (SSSR count). The zero-order valence-electron chi connectivity index (χ0n) is 17.6. The maximum Gasteiger partial charge on any atom is 0.185 e. The number of nitrogens with zero attached hydrogens (tertiary/aromatic N) is 2. The highest BCUT2D eigenvalue weighted by molar-refractivity contribution is 7.93. The smallest absolute Gasteiger partial charge is 0.185 e. The lowest BCUT2D eigenvalue weighted by Crippen LogP contribution is -2.56. The van der Waals surface area contributed by atoms with Gasteiger partial charge in [-0.2, -0.15) is 0 Å². The van der Waals surface area contributed by atoms with Crippen LogP contribution in [0.2, 0.25) is 0 Å². The average molecular weight is 432 g/mol. The van der Waals surface area contributed by atoms with Crippen LogP contribution in [0.5, 0.6) is 0 Å². The molecule has 8 heteroatoms. The number of hydrogen-bond donors (Lipinski definition) is 1. The minimum atomic E-state index is -3.68. The molecule has 2 N–H and O–H groups in total. The molecular formula is C22H26FN3O3S. The summed E-state index contributed by atoms with van der Waals surface area (Å²) in [5, 5.41) is 0. The molecule has 0 fully saturated rings. The van der Waals surface area contributed by atoms with Crippen molar-refractivity contribution >= 4 is 21.5 Å². The Morgan fingerprint density at radius 3 is 2.50 bits per heavy atom. The van der Waals surface area contributed by atoms with E-state index in [1.165, 1.54) is 18.2 Å². The van der Waals surface area contributed by atoms with Crippen LogP contribution >= 0.6 is 0 Å². The van der Waals surface area contributed by atoms with Gasteiger partial charge in [-0.05, 0) is 56.5 Å². The van der Waals surface area contributed by atoms with E-state index in [2.05, 4.69) is 9.98 Å². The largest absolute Gasteiger partial charge is 0.386 e. The van der Waals surface area contributed by atoms with Crippen LogP contribution in [0.25, 0.3) is 0 Å². The summed E-state index contributed by atoms with van der Waals surface area (Å²) in [5.74, 6) is -1.19. The van der Waals surface area contributed by atoms with Crippen LogP contribution in [0.3, 0.4) is 0 Å². The molecule has 0 saturated heterocycles. The summed E-state index contributed by atoms with van der Waals surface area (Å²) >= 11 is 0. The molecule has 0 radical (unpaired) electrons. The van der Waals surface area contributed by atoms with Crippen molar-refractivity contribution in [3.8, 4) is 0 Å². The summed E-state index contributed by atoms with van der Waals surface area (Å²) in [7, 11) is -3.68. The van der Waals surface area contributed by atoms with E-state index in [9.17, 15) is 17.6 Å². The monoisotopic (exact) mass is 431 g/mol. The third-order valence-corrected chi connectivity index (χ3v) is 8.73. The standard InChI is InChI=1S/C22H26FN3O3S/c1-5-22(4)20(24)26-21(3,13-30(22,28)29)16-10-15(7-8-17(16)23)11-19(27)18-9-6-14(2)12-25-18/h6-10,12H,5,11,13H2,1-4H3,(H2,24,26)/t21-,22-/m0/s1. The van der Waals surface area contributed by atoms with Gasteiger partial charge in [-0.15, -0.1) is 0 Å². The van der Waals surface area contributed by atoms with Gasteiger partial charge in [0.25, 0.3) is 0 Å². The number of rotatable bonds is 5. The number of halogens is 1. The molecule has 1 aromatic carbocycles. The molecule has 0 unspecified atom stereocenters. The van der Waals surface area contributed by atoms with Crippen LogP contribution in [-0.2, 0) is 21.8 Å². The summed E-state index contributed by atoms with van der Waals surface area (Å²) in [4.78, 5) is 21.1. The predicted octanol–water partition coefficient (Wildman–Crippen LogP) is 3.12. The molecule has 160 valence electrons. The van der Waals surface area contributed by atoms with Gasteiger partial charge in [0.05, 0.1) is 5.75 Å². The van der Waals surface area contributed by atoms with Crippen molar-refractivity contribution in [2.75, 3.05) is 5.75 Å². The van der Waals surface area contributed by atoms with Crippen molar-refractivity contribution in [2.45, 2.75) is 50.8 Å². The SMILES string of the molecule is CC[C@@]1(C)C(N)=N[C@](C)(c2cc(CC(=O)c3ccc(C)cn3)ccc2F)CS1(=O)=O. The lowest BCUT2D eigenvalue weighted by atomic mass is 9.90. The highest BCUT2D eigenvalue weighted by Gasteiger charge is 2.51. The maximum absolute atomic E-state index is 14.8. The van der Waals surface area contributed by atoms with E-state index in [-0.39, 0.29) is 35.8 Å². The van der Waals surface area contributed by atoms with Crippen LogP contribution in [0.1, 0.15) is 54.4 Å². The van der Waals surface area contributed by atoms with E-state index in [1.54, 1.807) is 39.1 Å². The number of benzene rings is 1. The van der Waals surface area contributed by atoms with Crippen LogP contribution in [0.4, 0.5) is 4.39 Å². The highest BCUT2D eigenvalue weighted by Crippen LogP contribution is 2.39. The molecule has 1 aliphatic rings. The molecule has 0 bridgehead atoms. The number of carbonyl (C=O) groups excluding carboxylic acids is 1. The molecule has 0 spiro atoms. The number of aryl methyl sites for hydroxylation is 1. The van der Waals surface area contributed by atoms with Gasteiger partial charge in [0.1, 0.15) is 27.6 Å². The molecule has 30 heavy (non-hydrogen) atoms. The normalized spacial score (nSPS) is 25.6. The van der Waals surface area contributed by atoms with E-state index in [0.717, 1.165) is 5.56 Å². The van der Waals surface area contributed by atoms with E-state index in [0.29, 0.717) is 11.3 Å². The van der Waals surface area contributed by atoms with Gasteiger partial charge in [0.15, 0.2) is 15.6 Å². The van der Waals surface area contributed by atoms with Gasteiger partial charge < -0.3 is 5.73 Å². The molecule has 0 saturated carbocycles. The first-order valence-corrected chi connectivity index (χ1v) is 11.4. The topological polar surface area (TPSA) is 102 Å². The number of ketones is 1. The second kappa shape index (κ2) is 7.58. The Labute approximate surface area is 176 Å². The Morgan fingerprint density at radius 1 is 1.23 bits per heavy atom. The van der Waals surface area contributed by atoms with Gasteiger partial charge in [-0.3, -0.25) is 14.8 Å². The Hall–Kier alpha value is -2.61. The first-order chi connectivity index (χ1) is 13.9. The molecule has 2 aromatic rings. The number of aliphatic imine (C=N–C) groups is 1. The van der Waals surface area contributed by atoms with Gasteiger partial charge in [-0.25, -0.2) is 12.8 Å². The van der Waals surface area contributed by atoms with Crippen LogP contribution in [0.15, 0.2) is 41.5 Å². The number of sulfone groups is 1. The van der Waals surface area contributed by atoms with E-state index in [4.69, 9.17) is 5.73 Å². The van der Waals surface area contributed by atoms with E-state index < -0.39 is 25.9 Å². The minimum Gasteiger partial charge on any atom is -0.386 e. The van der Waals surface area contributed by atoms with Crippen molar-refractivity contribution < 1.29 is 17.6 Å². The molecule has 1 aliphatic heterocycles. The highest BCUT2D eigenvalue weighted by atomic mass is 32.2. The predicted molar refractivity (Wildman–Crippen MR) is 115 cm³/mol. The van der Waals surface area contributed by atoms with Gasteiger partial charge in [0.2, 0.25) is 0 Å². The molecule has 6 nitrogen and oxygen atoms in total. The number of pyridine rings is 1. The molecule has 2 atom stereocenters. The fraction of sp³-hybridized carbons (Fsp3) is 0.409. The zero-order chi connectivity index (χ0) is 22.3. The Balaban J connectivity index is 1.99. The summed E-state index contributed by atoms with van der Waals surface area (Å²) in [6.45, 7) is 6.70. The first-order valence-electron chi connectivity index (χ1n) is 9.75. The number of amidine groups is 1. The van der Waals surface area contributed by atoms with Crippen molar-refractivity contribution in [3.63, 3.8) is 0 Å². The molecule has 2 heterocycles. The summed E-state index contributed by atoms with van der Waals surface area (Å²) in [6.07, 6.45) is 1.90. The summed E-state index contributed by atoms with van der Waals surface area (Å²) in [5.41, 5.74) is 6.60. The lowest BCUT2D eigenvalue weighted by Gasteiger charge is -2.39. The zero-order valence-corrected chi connectivity index (χ0v) is 18.4. The average Bonchev–Trinajstić information content (AvgIpc) is 2.67. The number of aromatic nitrogens is 1. The summed E-state index contributed by atoms with van der Waals surface area (Å²) < 4.78 is 39.4. The molecule has 0 aliphatic carbocycles. The number of carbonyl (C=O) groups is 1. The second-order valence-corrected chi connectivity index (χ2v) is 10.7. The molecular weight excluding hydrogens is 405 g/mol. The third-order valence-electron chi connectivity index (χ3n) is 5.91. The lowest BCUT2D eigenvalue weighted by molar-refractivity contribution is 0.0988. The van der Waals surface area contributed by atoms with Crippen molar-refractivity contribution in [1.29, 1.82) is 0 Å².